The van der Waals surface area contributed by atoms with Crippen molar-refractivity contribution >= 4 is 11.6 Å². The molecular weight excluding hydrogens is 488 g/mol. The average molecular weight is 529 g/mol. The van der Waals surface area contributed by atoms with Crippen LogP contribution in [0.15, 0.2) is 48.4 Å². The van der Waals surface area contributed by atoms with Crippen molar-refractivity contribution < 1.29 is 34.3 Å². The predicted octanol–water partition coefficient (Wildman–Crippen LogP) is 2.82. The quantitative estimate of drug-likeness (QED) is 0.411. The number of phenols is 1. The molecule has 4 bridgehead atoms. The number of allylic oxidation sites excluding steroid dienone is 3. The van der Waals surface area contributed by atoms with E-state index in [1.807, 2.05) is 32.1 Å². The zero-order chi connectivity index (χ0) is 28.0. The van der Waals surface area contributed by atoms with E-state index in [0.29, 0.717) is 17.7 Å². The molecule has 0 unspecified atom stereocenters. The number of anilines is 1. The largest absolute Gasteiger partial charge is 0.508 e. The van der Waals surface area contributed by atoms with Crippen molar-refractivity contribution in [1.82, 2.24) is 5.32 Å². The minimum absolute atomic E-state index is 0.0959. The smallest absolute Gasteiger partial charge is 0.229 e. The molecule has 1 amide bonds. The molecule has 2 saturated heterocycles. The van der Waals surface area contributed by atoms with E-state index < -0.39 is 35.7 Å². The van der Waals surface area contributed by atoms with Crippen molar-refractivity contribution in [2.75, 3.05) is 19.1 Å². The van der Waals surface area contributed by atoms with Crippen LogP contribution in [0.5, 0.6) is 5.75 Å². The second kappa shape index (κ2) is 10.4. The van der Waals surface area contributed by atoms with E-state index >= 15 is 0 Å². The summed E-state index contributed by atoms with van der Waals surface area (Å²) in [5.41, 5.74) is 0.568. The number of nitrogens with zero attached hydrogens (tertiary/aromatic N) is 1. The van der Waals surface area contributed by atoms with Crippen LogP contribution in [-0.2, 0) is 25.4 Å². The molecule has 0 aromatic heterocycles. The van der Waals surface area contributed by atoms with Crippen LogP contribution in [-0.4, -0.2) is 71.1 Å². The highest BCUT2D eigenvalue weighted by Gasteiger charge is 2.62. The number of aliphatic hydroxyl groups is 2. The Morgan fingerprint density at radius 2 is 2.00 bits per heavy atom. The number of carbonyl (C=O) groups excluding carboxylic acids is 1. The SMILES string of the molecule is C=C1N[C@]2(O)C[C@H](O1)[C@@H](C)[C@@H]1O[C@@]1(C)[C@@H](O)CC(=O)N(C)c1cc(cc(O)c1C)C/C(C)=C/C=C/[C@H]2OC. The van der Waals surface area contributed by atoms with E-state index in [4.69, 9.17) is 14.2 Å². The molecule has 4 rings (SSSR count). The number of benzene rings is 1. The Morgan fingerprint density at radius 3 is 2.68 bits per heavy atom. The Kier molecular flexibility index (Phi) is 7.69. The molecule has 208 valence electrons. The Bertz CT molecular complexity index is 1160. The molecule has 1 aromatic rings. The number of amides is 1. The number of phenolic OH excluding ortho intramolecular Hbond substituents is 1. The van der Waals surface area contributed by atoms with Gasteiger partial charge >= 0.3 is 0 Å². The van der Waals surface area contributed by atoms with Crippen molar-refractivity contribution in [3.05, 3.63) is 59.5 Å². The van der Waals surface area contributed by atoms with Crippen LogP contribution in [0.4, 0.5) is 5.69 Å². The molecule has 3 aliphatic rings. The summed E-state index contributed by atoms with van der Waals surface area (Å²) >= 11 is 0. The summed E-state index contributed by atoms with van der Waals surface area (Å²) in [6.45, 7) is 11.3. The Balaban J connectivity index is 1.73. The number of carbonyl (C=O) groups is 1. The molecule has 3 heterocycles. The van der Waals surface area contributed by atoms with Crippen LogP contribution in [0, 0.1) is 12.8 Å². The highest BCUT2D eigenvalue weighted by molar-refractivity contribution is 5.94. The monoisotopic (exact) mass is 528 g/mol. The van der Waals surface area contributed by atoms with Gasteiger partial charge < -0.3 is 39.7 Å². The van der Waals surface area contributed by atoms with Crippen molar-refractivity contribution in [3.8, 4) is 5.75 Å². The molecular formula is C29H40N2O7. The summed E-state index contributed by atoms with van der Waals surface area (Å²) in [6.07, 6.45) is 3.47. The van der Waals surface area contributed by atoms with E-state index in [-0.39, 0.29) is 36.3 Å². The molecule has 9 nitrogen and oxygen atoms in total. The highest BCUT2D eigenvalue weighted by Crippen LogP contribution is 2.48. The van der Waals surface area contributed by atoms with E-state index in [2.05, 4.69) is 11.9 Å². The first-order chi connectivity index (χ1) is 17.8. The van der Waals surface area contributed by atoms with Crippen LogP contribution < -0.4 is 10.2 Å². The van der Waals surface area contributed by atoms with Crippen molar-refractivity contribution in [2.45, 2.75) is 82.7 Å². The number of fused-ring (bicyclic) bond motifs is 5. The number of epoxide rings is 1. The summed E-state index contributed by atoms with van der Waals surface area (Å²) in [7, 11) is 3.17. The molecule has 38 heavy (non-hydrogen) atoms. The minimum Gasteiger partial charge on any atom is -0.508 e. The van der Waals surface area contributed by atoms with E-state index in [1.54, 1.807) is 33.0 Å². The summed E-state index contributed by atoms with van der Waals surface area (Å²) in [5, 5.41) is 36.2. The number of hydrogen-bond acceptors (Lipinski definition) is 8. The molecule has 1 aromatic carbocycles. The van der Waals surface area contributed by atoms with Gasteiger partial charge in [-0.25, -0.2) is 0 Å². The topological polar surface area (TPSA) is 124 Å². The third-order valence-corrected chi connectivity index (χ3v) is 8.17. The third-order valence-electron chi connectivity index (χ3n) is 8.17. The van der Waals surface area contributed by atoms with Crippen molar-refractivity contribution in [2.24, 2.45) is 5.92 Å². The van der Waals surface area contributed by atoms with Gasteiger partial charge in [-0.2, -0.15) is 0 Å². The fourth-order valence-electron chi connectivity index (χ4n) is 5.63. The van der Waals surface area contributed by atoms with Gasteiger partial charge in [-0.1, -0.05) is 30.7 Å². The molecule has 3 aliphatic heterocycles. The van der Waals surface area contributed by atoms with Gasteiger partial charge in [0.2, 0.25) is 5.91 Å². The highest BCUT2D eigenvalue weighted by atomic mass is 16.6. The standard InChI is InChI=1S/C29H40N2O7/c1-16-9-8-10-25(36-7)29(35)15-23(37-19(4)30-29)18(3)27-28(5,38-27)24(33)14-26(34)31(6)21-12-20(11-16)13-22(32)17(21)2/h8-10,12-13,18,23-25,27,30,32-33,35H,4,11,14-15H2,1-3,5-7H3/b10-8+,16-9+/t18-,23+,24+,25-,27+,28+,29+/m1/s1. The number of methoxy groups -OCH3 is 1. The first-order valence-electron chi connectivity index (χ1n) is 13.0. The van der Waals surface area contributed by atoms with Gasteiger partial charge in [-0.05, 0) is 51.5 Å². The molecule has 7 atom stereocenters. The van der Waals surface area contributed by atoms with Crippen molar-refractivity contribution in [1.29, 1.82) is 0 Å². The summed E-state index contributed by atoms with van der Waals surface area (Å²) in [5.74, 6) is -0.206. The second-order valence-electron chi connectivity index (χ2n) is 11.1. The number of ether oxygens (including phenoxy) is 3. The maximum atomic E-state index is 13.2. The molecule has 9 heteroatoms. The number of nitrogens with one attached hydrogen (secondary N) is 1. The lowest BCUT2D eigenvalue weighted by molar-refractivity contribution is -0.158. The second-order valence-corrected chi connectivity index (χ2v) is 11.1. The van der Waals surface area contributed by atoms with Gasteiger partial charge in [-0.15, -0.1) is 0 Å². The van der Waals surface area contributed by atoms with Crippen LogP contribution in [0.1, 0.15) is 44.7 Å². The van der Waals surface area contributed by atoms with E-state index in [9.17, 15) is 20.1 Å². The Hall–Kier alpha value is -2.85. The molecule has 4 N–H and O–H groups in total. The fraction of sp³-hybridized carbons (Fsp3) is 0.552. The predicted molar refractivity (Wildman–Crippen MR) is 143 cm³/mol. The summed E-state index contributed by atoms with van der Waals surface area (Å²) in [6, 6.07) is 3.57. The fourth-order valence-corrected chi connectivity index (χ4v) is 5.63. The summed E-state index contributed by atoms with van der Waals surface area (Å²) < 4.78 is 17.6. The molecule has 0 aliphatic carbocycles. The lowest BCUT2D eigenvalue weighted by atomic mass is 9.83. The first kappa shape index (κ1) is 28.2. The Morgan fingerprint density at radius 1 is 1.29 bits per heavy atom. The van der Waals surface area contributed by atoms with Crippen molar-refractivity contribution in [3.63, 3.8) is 0 Å². The van der Waals surface area contributed by atoms with Gasteiger partial charge in [0.05, 0.1) is 24.3 Å². The number of rotatable bonds is 1. The summed E-state index contributed by atoms with van der Waals surface area (Å²) in [4.78, 5) is 14.7. The minimum atomic E-state index is -1.48. The van der Waals surface area contributed by atoms with Crippen LogP contribution >= 0.6 is 0 Å². The van der Waals surface area contributed by atoms with Crippen LogP contribution in [0.2, 0.25) is 0 Å². The Labute approximate surface area is 224 Å². The normalized spacial score (nSPS) is 38.4. The van der Waals surface area contributed by atoms with Gasteiger partial charge in [0.25, 0.3) is 0 Å². The third kappa shape index (κ3) is 5.33. The maximum absolute atomic E-state index is 13.2. The van der Waals surface area contributed by atoms with E-state index in [1.165, 1.54) is 12.0 Å². The lowest BCUT2D eigenvalue weighted by Crippen LogP contribution is -2.60. The zero-order valence-electron chi connectivity index (χ0n) is 23.0. The zero-order valence-corrected chi connectivity index (χ0v) is 23.0. The van der Waals surface area contributed by atoms with Crippen LogP contribution in [0.25, 0.3) is 0 Å². The molecule has 0 saturated carbocycles. The number of hydrogen-bond donors (Lipinski definition) is 4. The lowest BCUT2D eigenvalue weighted by Gasteiger charge is -2.44. The van der Waals surface area contributed by atoms with E-state index in [0.717, 1.165) is 11.1 Å². The number of aromatic hydroxyl groups is 1. The van der Waals surface area contributed by atoms with Gasteiger partial charge in [0.1, 0.15) is 23.6 Å². The first-order valence-corrected chi connectivity index (χ1v) is 13.0. The molecule has 0 spiro atoms. The average Bonchev–Trinajstić information content (AvgIpc) is 3.54. The number of aliphatic hydroxyl groups excluding tert-OH is 1. The van der Waals surface area contributed by atoms with Crippen LogP contribution in [0.3, 0.4) is 0 Å². The molecule has 2 fully saturated rings. The maximum Gasteiger partial charge on any atom is 0.229 e. The van der Waals surface area contributed by atoms with Gasteiger partial charge in [0.15, 0.2) is 11.6 Å². The molecule has 0 radical (unpaired) electrons. The van der Waals surface area contributed by atoms with Gasteiger partial charge in [0, 0.05) is 32.1 Å². The van der Waals surface area contributed by atoms with Gasteiger partial charge in [-0.3, -0.25) is 4.79 Å².